The lowest BCUT2D eigenvalue weighted by Crippen LogP contribution is -2.48. The fourth-order valence-electron chi connectivity index (χ4n) is 2.70. The summed E-state index contributed by atoms with van der Waals surface area (Å²) >= 11 is 1.73. The Hall–Kier alpha value is -0.940. The quantitative estimate of drug-likeness (QED) is 0.915. The molecule has 0 saturated heterocycles. The van der Waals surface area contributed by atoms with Gasteiger partial charge in [-0.05, 0) is 44.4 Å². The van der Waals surface area contributed by atoms with Crippen molar-refractivity contribution < 1.29 is 4.79 Å². The van der Waals surface area contributed by atoms with Gasteiger partial charge in [0, 0.05) is 24.5 Å². The van der Waals surface area contributed by atoms with E-state index in [-0.39, 0.29) is 18.0 Å². The molecule has 4 nitrogen and oxygen atoms in total. The van der Waals surface area contributed by atoms with Gasteiger partial charge in [0.25, 0.3) is 0 Å². The number of hydrogen-bond acceptors (Lipinski definition) is 3. The summed E-state index contributed by atoms with van der Waals surface area (Å²) in [5.74, 6) is 1.02. The first kappa shape index (κ1) is 14.5. The molecule has 1 aromatic rings. The lowest BCUT2D eigenvalue weighted by molar-refractivity contribution is -0.135. The Morgan fingerprint density at radius 2 is 2.26 bits per heavy atom. The Kier molecular flexibility index (Phi) is 4.58. The largest absolute Gasteiger partial charge is 0.345 e. The van der Waals surface area contributed by atoms with Gasteiger partial charge >= 0.3 is 0 Å². The smallest absolute Gasteiger partial charge is 0.240 e. The first-order chi connectivity index (χ1) is 9.06. The third-order valence-electron chi connectivity index (χ3n) is 3.93. The second-order valence-corrected chi connectivity index (χ2v) is 6.13. The summed E-state index contributed by atoms with van der Waals surface area (Å²) in [5.41, 5.74) is 8.49. The van der Waals surface area contributed by atoms with Crippen LogP contribution in [0.4, 0.5) is 0 Å². The van der Waals surface area contributed by atoms with Gasteiger partial charge in [0.05, 0.1) is 12.1 Å². The van der Waals surface area contributed by atoms with Crippen LogP contribution in [0.3, 0.4) is 0 Å². The molecule has 2 heterocycles. The molecule has 2 N–H and O–H groups in total. The molecular weight excluding hydrogens is 258 g/mol. The molecular formula is C14H23N3OS. The lowest BCUT2D eigenvalue weighted by atomic mass is 10.1. The first-order valence-corrected chi connectivity index (χ1v) is 8.16. The van der Waals surface area contributed by atoms with Crippen LogP contribution in [0, 0.1) is 6.92 Å². The maximum atomic E-state index is 12.4. The van der Waals surface area contributed by atoms with Crippen LogP contribution < -0.4 is 5.73 Å². The first-order valence-electron chi connectivity index (χ1n) is 6.77. The molecule has 0 bridgehead atoms. The van der Waals surface area contributed by atoms with Gasteiger partial charge in [0.1, 0.15) is 0 Å². The molecule has 0 radical (unpaired) electrons. The molecule has 1 aromatic heterocycles. The molecule has 1 aliphatic rings. The second-order valence-electron chi connectivity index (χ2n) is 5.15. The number of rotatable bonds is 4. The average molecular weight is 281 g/mol. The van der Waals surface area contributed by atoms with Crippen molar-refractivity contribution in [3.8, 4) is 0 Å². The van der Waals surface area contributed by atoms with E-state index in [1.54, 1.807) is 11.8 Å². The van der Waals surface area contributed by atoms with E-state index in [1.807, 2.05) is 11.2 Å². The van der Waals surface area contributed by atoms with E-state index < -0.39 is 0 Å². The molecule has 0 fully saturated rings. The predicted molar refractivity (Wildman–Crippen MR) is 80.3 cm³/mol. The third-order valence-corrected chi connectivity index (χ3v) is 4.57. The monoisotopic (exact) mass is 281 g/mol. The normalized spacial score (nSPS) is 20.2. The molecule has 19 heavy (non-hydrogen) atoms. The molecule has 0 saturated carbocycles. The van der Waals surface area contributed by atoms with Gasteiger partial charge in [-0.2, -0.15) is 11.8 Å². The zero-order valence-electron chi connectivity index (χ0n) is 11.9. The maximum absolute atomic E-state index is 12.4. The molecule has 2 atom stereocenters. The van der Waals surface area contributed by atoms with Gasteiger partial charge in [0.2, 0.25) is 5.91 Å². The van der Waals surface area contributed by atoms with Crippen LogP contribution in [0.2, 0.25) is 0 Å². The van der Waals surface area contributed by atoms with E-state index in [4.69, 9.17) is 5.73 Å². The van der Waals surface area contributed by atoms with E-state index in [0.29, 0.717) is 0 Å². The third kappa shape index (κ3) is 2.82. The molecule has 106 valence electrons. The number of nitrogens with two attached hydrogens (primary N) is 1. The van der Waals surface area contributed by atoms with Gasteiger partial charge in [-0.1, -0.05) is 0 Å². The minimum absolute atomic E-state index is 0.0895. The summed E-state index contributed by atoms with van der Waals surface area (Å²) in [7, 11) is 0. The highest BCUT2D eigenvalue weighted by Crippen LogP contribution is 2.27. The zero-order valence-corrected chi connectivity index (χ0v) is 12.7. The van der Waals surface area contributed by atoms with Gasteiger partial charge in [-0.25, -0.2) is 0 Å². The highest BCUT2D eigenvalue weighted by atomic mass is 32.2. The molecule has 2 rings (SSSR count). The number of amides is 1. The summed E-state index contributed by atoms with van der Waals surface area (Å²) in [6.07, 6.45) is 2.79. The number of nitrogens with zero attached hydrogens (tertiary/aromatic N) is 2. The number of aryl methyl sites for hydroxylation is 1. The van der Waals surface area contributed by atoms with E-state index in [9.17, 15) is 4.79 Å². The Morgan fingerprint density at radius 1 is 1.53 bits per heavy atom. The van der Waals surface area contributed by atoms with Crippen molar-refractivity contribution in [2.75, 3.05) is 18.6 Å². The fraction of sp³-hybridized carbons (Fsp3) is 0.643. The van der Waals surface area contributed by atoms with Crippen LogP contribution in [-0.2, 0) is 11.3 Å². The molecule has 1 amide bonds. The standard InChI is InChI=1S/C14H23N3OS/c1-10-4-5-13-11(2)17(8-7-16(10)13)14(18)12(15)6-9-19-3/h4-5,11-12H,6-9,15H2,1-3H3/t11?,12-/m0/s1. The number of carbonyl (C=O) groups excluding carboxylic acids is 1. The van der Waals surface area contributed by atoms with E-state index >= 15 is 0 Å². The molecule has 0 aliphatic carbocycles. The average Bonchev–Trinajstić information content (AvgIpc) is 2.78. The van der Waals surface area contributed by atoms with Crippen molar-refractivity contribution in [1.29, 1.82) is 0 Å². The van der Waals surface area contributed by atoms with E-state index in [0.717, 1.165) is 25.3 Å². The Balaban J connectivity index is 2.09. The summed E-state index contributed by atoms with van der Waals surface area (Å²) in [4.78, 5) is 14.3. The maximum Gasteiger partial charge on any atom is 0.240 e. The Bertz CT molecular complexity index is 458. The lowest BCUT2D eigenvalue weighted by Gasteiger charge is -2.36. The highest BCUT2D eigenvalue weighted by molar-refractivity contribution is 7.98. The van der Waals surface area contributed by atoms with Crippen molar-refractivity contribution in [1.82, 2.24) is 9.47 Å². The fourth-order valence-corrected chi connectivity index (χ4v) is 3.19. The van der Waals surface area contributed by atoms with Gasteiger partial charge in [0.15, 0.2) is 0 Å². The number of fused-ring (bicyclic) bond motifs is 1. The minimum atomic E-state index is -0.363. The second kappa shape index (κ2) is 6.01. The van der Waals surface area contributed by atoms with Gasteiger partial charge in [-0.3, -0.25) is 4.79 Å². The van der Waals surface area contributed by atoms with Crippen LogP contribution in [0.1, 0.15) is 30.8 Å². The van der Waals surface area contributed by atoms with Crippen molar-refractivity contribution >= 4 is 17.7 Å². The number of hydrogen-bond donors (Lipinski definition) is 1. The predicted octanol–water partition coefficient (Wildman–Crippen LogP) is 1.78. The molecule has 0 aromatic carbocycles. The van der Waals surface area contributed by atoms with Crippen LogP contribution in [0.15, 0.2) is 12.1 Å². The summed E-state index contributed by atoms with van der Waals surface area (Å²) in [6, 6.07) is 3.99. The zero-order chi connectivity index (χ0) is 14.0. The molecule has 5 heteroatoms. The van der Waals surface area contributed by atoms with Crippen LogP contribution in [0.25, 0.3) is 0 Å². The van der Waals surface area contributed by atoms with E-state index in [2.05, 4.69) is 30.5 Å². The SMILES string of the molecule is CSCC[C@H](N)C(=O)N1CCn2c(C)ccc2C1C. The summed E-state index contributed by atoms with van der Waals surface area (Å²) < 4.78 is 2.29. The Labute approximate surface area is 119 Å². The molecule has 1 aliphatic heterocycles. The van der Waals surface area contributed by atoms with E-state index in [1.165, 1.54) is 11.4 Å². The van der Waals surface area contributed by atoms with Crippen LogP contribution in [0.5, 0.6) is 0 Å². The highest BCUT2D eigenvalue weighted by Gasteiger charge is 2.30. The molecule has 0 spiro atoms. The van der Waals surface area contributed by atoms with Gasteiger partial charge in [-0.15, -0.1) is 0 Å². The Morgan fingerprint density at radius 3 is 2.95 bits per heavy atom. The number of carbonyl (C=O) groups is 1. The van der Waals surface area contributed by atoms with Crippen molar-refractivity contribution in [3.05, 3.63) is 23.5 Å². The topological polar surface area (TPSA) is 51.3 Å². The number of aromatic nitrogens is 1. The molecule has 1 unspecified atom stereocenters. The van der Waals surface area contributed by atoms with Crippen LogP contribution >= 0.6 is 11.8 Å². The van der Waals surface area contributed by atoms with Crippen molar-refractivity contribution in [3.63, 3.8) is 0 Å². The van der Waals surface area contributed by atoms with Crippen molar-refractivity contribution in [2.24, 2.45) is 5.73 Å². The summed E-state index contributed by atoms with van der Waals surface area (Å²) in [6.45, 7) is 5.83. The van der Waals surface area contributed by atoms with Crippen molar-refractivity contribution in [2.45, 2.75) is 38.9 Å². The van der Waals surface area contributed by atoms with Gasteiger partial charge < -0.3 is 15.2 Å². The minimum Gasteiger partial charge on any atom is -0.345 e. The number of thioether (sulfide) groups is 1. The van der Waals surface area contributed by atoms with Crippen LogP contribution in [-0.4, -0.2) is 40.0 Å². The summed E-state index contributed by atoms with van der Waals surface area (Å²) in [5, 5.41) is 0.